The molecule has 1 heterocycles. The second kappa shape index (κ2) is 7.21. The number of amides is 2. The standard InChI is InChI=1S/C11H18N2O3S/c1-2-7-17-8-5-12-11(16)13-6-3-4-9(13)10(14)15/h2,9H,1,3-8H2,(H,12,16)(H,14,15)/t9-/m0/s1. The van der Waals surface area contributed by atoms with Crippen LogP contribution in [0.3, 0.4) is 0 Å². The molecule has 1 saturated heterocycles. The van der Waals surface area contributed by atoms with Crippen molar-refractivity contribution in [2.24, 2.45) is 0 Å². The van der Waals surface area contributed by atoms with Gasteiger partial charge in [-0.15, -0.1) is 6.58 Å². The highest BCUT2D eigenvalue weighted by atomic mass is 32.2. The van der Waals surface area contributed by atoms with Crippen LogP contribution in [0.4, 0.5) is 4.79 Å². The van der Waals surface area contributed by atoms with Gasteiger partial charge in [-0.3, -0.25) is 0 Å². The summed E-state index contributed by atoms with van der Waals surface area (Å²) in [6.45, 7) is 4.69. The molecule has 0 aromatic heterocycles. The van der Waals surface area contributed by atoms with E-state index >= 15 is 0 Å². The number of aliphatic carboxylic acids is 1. The van der Waals surface area contributed by atoms with E-state index in [9.17, 15) is 9.59 Å². The van der Waals surface area contributed by atoms with E-state index in [2.05, 4.69) is 11.9 Å². The van der Waals surface area contributed by atoms with Gasteiger partial charge in [-0.1, -0.05) is 6.08 Å². The van der Waals surface area contributed by atoms with Crippen molar-refractivity contribution >= 4 is 23.8 Å². The summed E-state index contributed by atoms with van der Waals surface area (Å²) < 4.78 is 0. The summed E-state index contributed by atoms with van der Waals surface area (Å²) in [6, 6.07) is -0.926. The molecule has 17 heavy (non-hydrogen) atoms. The zero-order chi connectivity index (χ0) is 12.7. The van der Waals surface area contributed by atoms with Crippen molar-refractivity contribution in [2.45, 2.75) is 18.9 Å². The highest BCUT2D eigenvalue weighted by molar-refractivity contribution is 7.99. The second-order valence-corrected chi connectivity index (χ2v) is 4.94. The Hall–Kier alpha value is -1.17. The van der Waals surface area contributed by atoms with Gasteiger partial charge in [0, 0.05) is 24.6 Å². The molecule has 0 radical (unpaired) electrons. The Labute approximate surface area is 105 Å². The molecular formula is C11H18N2O3S. The molecule has 1 aliphatic rings. The zero-order valence-corrected chi connectivity index (χ0v) is 10.5. The molecule has 2 amide bonds. The normalized spacial score (nSPS) is 19.1. The molecule has 5 nitrogen and oxygen atoms in total. The van der Waals surface area contributed by atoms with Crippen LogP contribution in [0.25, 0.3) is 0 Å². The van der Waals surface area contributed by atoms with E-state index < -0.39 is 12.0 Å². The number of carboxylic acids is 1. The number of thioether (sulfide) groups is 1. The molecule has 1 aliphatic heterocycles. The molecule has 0 aromatic carbocycles. The van der Waals surface area contributed by atoms with Gasteiger partial charge in [0.05, 0.1) is 0 Å². The monoisotopic (exact) mass is 258 g/mol. The average Bonchev–Trinajstić information content (AvgIpc) is 2.77. The van der Waals surface area contributed by atoms with Gasteiger partial charge in [-0.2, -0.15) is 11.8 Å². The number of carboxylic acid groups (broad SMARTS) is 1. The molecule has 0 unspecified atom stereocenters. The first-order valence-electron chi connectivity index (χ1n) is 5.62. The Kier molecular flexibility index (Phi) is 5.90. The summed E-state index contributed by atoms with van der Waals surface area (Å²) in [5, 5.41) is 11.7. The smallest absolute Gasteiger partial charge is 0.326 e. The third kappa shape index (κ3) is 4.30. The van der Waals surface area contributed by atoms with E-state index in [4.69, 9.17) is 5.11 Å². The molecule has 0 aliphatic carbocycles. The highest BCUT2D eigenvalue weighted by Crippen LogP contribution is 2.17. The lowest BCUT2D eigenvalue weighted by atomic mass is 10.2. The van der Waals surface area contributed by atoms with E-state index in [0.717, 1.165) is 17.9 Å². The van der Waals surface area contributed by atoms with Crippen molar-refractivity contribution in [1.29, 1.82) is 0 Å². The third-order valence-electron chi connectivity index (χ3n) is 2.56. The number of rotatable bonds is 6. The molecule has 0 spiro atoms. The van der Waals surface area contributed by atoms with Gasteiger partial charge in [0.25, 0.3) is 0 Å². The fraction of sp³-hybridized carbons (Fsp3) is 0.636. The largest absolute Gasteiger partial charge is 0.480 e. The summed E-state index contributed by atoms with van der Waals surface area (Å²) >= 11 is 1.68. The van der Waals surface area contributed by atoms with Crippen LogP contribution >= 0.6 is 11.8 Å². The predicted octanol–water partition coefficient (Wildman–Crippen LogP) is 1.16. The minimum Gasteiger partial charge on any atom is -0.480 e. The van der Waals surface area contributed by atoms with Crippen molar-refractivity contribution in [1.82, 2.24) is 10.2 Å². The quantitative estimate of drug-likeness (QED) is 0.554. The SMILES string of the molecule is C=CCSCCNC(=O)N1CCC[C@H]1C(=O)O. The van der Waals surface area contributed by atoms with Crippen LogP contribution in [0.15, 0.2) is 12.7 Å². The molecule has 0 aromatic rings. The third-order valence-corrected chi connectivity index (χ3v) is 3.52. The fourth-order valence-corrected chi connectivity index (χ4v) is 2.34. The molecule has 96 valence electrons. The Balaban J connectivity index is 2.27. The van der Waals surface area contributed by atoms with Gasteiger partial charge < -0.3 is 15.3 Å². The number of likely N-dealkylation sites (tertiary alicyclic amines) is 1. The first-order chi connectivity index (χ1) is 8.16. The number of carbonyl (C=O) groups is 2. The summed E-state index contributed by atoms with van der Waals surface area (Å²) in [5.41, 5.74) is 0. The first kappa shape index (κ1) is 13.9. The summed E-state index contributed by atoms with van der Waals surface area (Å²) in [5.74, 6) is 0.749. The van der Waals surface area contributed by atoms with E-state index in [-0.39, 0.29) is 6.03 Å². The first-order valence-corrected chi connectivity index (χ1v) is 6.78. The molecule has 1 rings (SSSR count). The number of hydrogen-bond acceptors (Lipinski definition) is 3. The van der Waals surface area contributed by atoms with Crippen molar-refractivity contribution in [3.05, 3.63) is 12.7 Å². The number of urea groups is 1. The Bertz CT molecular complexity index is 296. The van der Waals surface area contributed by atoms with Crippen LogP contribution in [0, 0.1) is 0 Å². The van der Waals surface area contributed by atoms with Crippen molar-refractivity contribution in [3.8, 4) is 0 Å². The van der Waals surface area contributed by atoms with Crippen molar-refractivity contribution in [3.63, 3.8) is 0 Å². The Morgan fingerprint density at radius 3 is 3.00 bits per heavy atom. The van der Waals surface area contributed by atoms with Crippen molar-refractivity contribution in [2.75, 3.05) is 24.6 Å². The predicted molar refractivity (Wildman–Crippen MR) is 68.3 cm³/mol. The second-order valence-electron chi connectivity index (χ2n) is 3.79. The summed E-state index contributed by atoms with van der Waals surface area (Å²) in [7, 11) is 0. The maximum atomic E-state index is 11.7. The topological polar surface area (TPSA) is 69.6 Å². The van der Waals surface area contributed by atoms with Gasteiger partial charge in [-0.25, -0.2) is 9.59 Å². The lowest BCUT2D eigenvalue weighted by Crippen LogP contribution is -2.46. The minimum atomic E-state index is -0.918. The van der Waals surface area contributed by atoms with Crippen LogP contribution in [-0.2, 0) is 4.79 Å². The summed E-state index contributed by atoms with van der Waals surface area (Å²) in [4.78, 5) is 24.0. The average molecular weight is 258 g/mol. The molecule has 2 N–H and O–H groups in total. The lowest BCUT2D eigenvalue weighted by molar-refractivity contribution is -0.141. The van der Waals surface area contributed by atoms with Crippen LogP contribution in [-0.4, -0.2) is 52.6 Å². The zero-order valence-electron chi connectivity index (χ0n) is 9.72. The maximum Gasteiger partial charge on any atom is 0.326 e. The van der Waals surface area contributed by atoms with Gasteiger partial charge in [0.2, 0.25) is 0 Å². The number of nitrogens with zero attached hydrogens (tertiary/aromatic N) is 1. The molecule has 0 bridgehead atoms. The molecule has 6 heteroatoms. The van der Waals surface area contributed by atoms with Crippen LogP contribution < -0.4 is 5.32 Å². The molecule has 1 atom stereocenters. The Morgan fingerprint density at radius 1 is 1.59 bits per heavy atom. The molecule has 0 saturated carbocycles. The lowest BCUT2D eigenvalue weighted by Gasteiger charge is -2.21. The van der Waals surface area contributed by atoms with E-state index in [1.54, 1.807) is 11.8 Å². The highest BCUT2D eigenvalue weighted by Gasteiger charge is 2.33. The number of carbonyl (C=O) groups excluding carboxylic acids is 1. The van der Waals surface area contributed by atoms with E-state index in [1.165, 1.54) is 4.90 Å². The Morgan fingerprint density at radius 2 is 2.35 bits per heavy atom. The van der Waals surface area contributed by atoms with Gasteiger partial charge >= 0.3 is 12.0 Å². The van der Waals surface area contributed by atoms with Gasteiger partial charge in [0.1, 0.15) is 6.04 Å². The minimum absolute atomic E-state index is 0.269. The number of hydrogen-bond donors (Lipinski definition) is 2. The van der Waals surface area contributed by atoms with E-state index in [0.29, 0.717) is 19.5 Å². The van der Waals surface area contributed by atoms with Gasteiger partial charge in [0.15, 0.2) is 0 Å². The maximum absolute atomic E-state index is 11.7. The van der Waals surface area contributed by atoms with Crippen LogP contribution in [0.2, 0.25) is 0 Å². The van der Waals surface area contributed by atoms with E-state index in [1.807, 2.05) is 6.08 Å². The van der Waals surface area contributed by atoms with Crippen molar-refractivity contribution < 1.29 is 14.7 Å². The summed E-state index contributed by atoms with van der Waals surface area (Å²) in [6.07, 6.45) is 3.12. The van der Waals surface area contributed by atoms with Crippen LogP contribution in [0.5, 0.6) is 0 Å². The van der Waals surface area contributed by atoms with Crippen LogP contribution in [0.1, 0.15) is 12.8 Å². The molecular weight excluding hydrogens is 240 g/mol. The molecule has 1 fully saturated rings. The fourth-order valence-electron chi connectivity index (χ4n) is 1.76. The number of nitrogens with one attached hydrogen (secondary N) is 1. The van der Waals surface area contributed by atoms with Gasteiger partial charge in [-0.05, 0) is 12.8 Å².